The van der Waals surface area contributed by atoms with E-state index in [4.69, 9.17) is 4.74 Å². The number of Topliss-reactive ketones (excluding diaryl/α,β-unsaturated/α-hetero) is 1. The molecule has 0 aromatic heterocycles. The fourth-order valence-electron chi connectivity index (χ4n) is 3.29. The Hall–Kier alpha value is -2.84. The minimum Gasteiger partial charge on any atom is -0.463 e. The molecule has 0 saturated carbocycles. The number of primary amides is 2. The van der Waals surface area contributed by atoms with Crippen LogP contribution in [0.4, 0.5) is 9.59 Å². The van der Waals surface area contributed by atoms with Gasteiger partial charge in [-0.05, 0) is 57.4 Å². The van der Waals surface area contributed by atoms with Crippen molar-refractivity contribution in [3.05, 3.63) is 23.8 Å². The molecule has 0 aromatic rings. The number of amides is 2. The van der Waals surface area contributed by atoms with Crippen LogP contribution in [0.1, 0.15) is 79.6 Å². The topological polar surface area (TPSA) is 148 Å². The van der Waals surface area contributed by atoms with E-state index < -0.39 is 12.2 Å². The van der Waals surface area contributed by atoms with Crippen molar-refractivity contribution >= 4 is 23.9 Å². The van der Waals surface area contributed by atoms with Crippen LogP contribution in [-0.2, 0) is 23.8 Å². The Balaban J connectivity index is 0. The van der Waals surface area contributed by atoms with Crippen LogP contribution in [0.5, 0.6) is 0 Å². The SMILES string of the molecule is C=CC(=O)OCCCCCCC1=C(C)CC(C)(C)CC1=O.CCOC(N)=O.CCOC(N)=O. The number of ether oxygens (including phenoxy) is 3. The molecule has 9 nitrogen and oxygen atoms in total. The average Bonchev–Trinajstić information content (AvgIpc) is 2.68. The molecule has 0 fully saturated rings. The van der Waals surface area contributed by atoms with Crippen LogP contribution in [0.15, 0.2) is 23.8 Å². The third-order valence-corrected chi connectivity index (χ3v) is 4.54. The monoisotopic (exact) mass is 470 g/mol. The number of ketones is 1. The maximum atomic E-state index is 12.2. The molecule has 1 aliphatic carbocycles. The Morgan fingerprint density at radius 2 is 1.45 bits per heavy atom. The van der Waals surface area contributed by atoms with Crippen LogP contribution < -0.4 is 11.5 Å². The van der Waals surface area contributed by atoms with Gasteiger partial charge in [0.25, 0.3) is 0 Å². The summed E-state index contributed by atoms with van der Waals surface area (Å²) >= 11 is 0. The molecule has 1 rings (SSSR count). The van der Waals surface area contributed by atoms with Crippen molar-refractivity contribution in [3.63, 3.8) is 0 Å². The van der Waals surface area contributed by atoms with Gasteiger partial charge in [0.2, 0.25) is 0 Å². The second-order valence-electron chi connectivity index (χ2n) is 8.24. The highest BCUT2D eigenvalue weighted by atomic mass is 16.5. The molecule has 0 aromatic carbocycles. The molecule has 0 heterocycles. The maximum absolute atomic E-state index is 12.2. The van der Waals surface area contributed by atoms with Gasteiger partial charge in [-0.1, -0.05) is 38.8 Å². The Morgan fingerprint density at radius 3 is 1.85 bits per heavy atom. The van der Waals surface area contributed by atoms with Crippen molar-refractivity contribution in [1.82, 2.24) is 0 Å². The van der Waals surface area contributed by atoms with Crippen molar-refractivity contribution in [2.45, 2.75) is 79.6 Å². The first-order valence-electron chi connectivity index (χ1n) is 11.3. The molecule has 190 valence electrons. The van der Waals surface area contributed by atoms with E-state index in [2.05, 4.69) is 48.3 Å². The quantitative estimate of drug-likeness (QED) is 0.205. The smallest absolute Gasteiger partial charge is 0.404 e. The third-order valence-electron chi connectivity index (χ3n) is 4.54. The molecule has 33 heavy (non-hydrogen) atoms. The lowest BCUT2D eigenvalue weighted by atomic mass is 9.73. The molecule has 2 amide bonds. The second kappa shape index (κ2) is 18.7. The van der Waals surface area contributed by atoms with Crippen LogP contribution >= 0.6 is 0 Å². The first kappa shape index (κ1) is 32.3. The summed E-state index contributed by atoms with van der Waals surface area (Å²) in [6, 6.07) is 0. The molecule has 4 N–H and O–H groups in total. The van der Waals surface area contributed by atoms with Gasteiger partial charge in [0.15, 0.2) is 5.78 Å². The van der Waals surface area contributed by atoms with E-state index >= 15 is 0 Å². The first-order valence-corrected chi connectivity index (χ1v) is 11.3. The van der Waals surface area contributed by atoms with Crippen molar-refractivity contribution in [2.75, 3.05) is 19.8 Å². The number of unbranched alkanes of at least 4 members (excludes halogenated alkanes) is 3. The van der Waals surface area contributed by atoms with Gasteiger partial charge in [0, 0.05) is 12.5 Å². The largest absolute Gasteiger partial charge is 0.463 e. The summed E-state index contributed by atoms with van der Waals surface area (Å²) in [6.45, 7) is 14.3. The van der Waals surface area contributed by atoms with Crippen molar-refractivity contribution in [2.24, 2.45) is 16.9 Å². The Morgan fingerprint density at radius 1 is 0.939 bits per heavy atom. The molecular formula is C24H42N2O7. The lowest BCUT2D eigenvalue weighted by Gasteiger charge is -2.31. The van der Waals surface area contributed by atoms with Crippen molar-refractivity contribution in [1.29, 1.82) is 0 Å². The van der Waals surface area contributed by atoms with Gasteiger partial charge in [-0.3, -0.25) is 4.79 Å². The normalized spacial score (nSPS) is 14.0. The predicted octanol–water partition coefficient (Wildman–Crippen LogP) is 4.57. The Labute approximate surface area is 197 Å². The molecule has 1 aliphatic rings. The number of carbonyl (C=O) groups excluding carboxylic acids is 4. The fourth-order valence-corrected chi connectivity index (χ4v) is 3.29. The number of nitrogens with two attached hydrogens (primary N) is 2. The highest BCUT2D eigenvalue weighted by Gasteiger charge is 2.30. The maximum Gasteiger partial charge on any atom is 0.404 e. The molecule has 0 atom stereocenters. The third kappa shape index (κ3) is 19.6. The summed E-state index contributed by atoms with van der Waals surface area (Å²) < 4.78 is 13.3. The summed E-state index contributed by atoms with van der Waals surface area (Å²) in [6.07, 6.45) is 6.37. The average molecular weight is 471 g/mol. The minimum atomic E-state index is -0.711. The number of rotatable bonds is 10. The number of esters is 1. The first-order chi connectivity index (χ1) is 15.4. The van der Waals surface area contributed by atoms with E-state index in [1.807, 2.05) is 0 Å². The van der Waals surface area contributed by atoms with Gasteiger partial charge in [-0.15, -0.1) is 0 Å². The minimum absolute atomic E-state index is 0.125. The van der Waals surface area contributed by atoms with Crippen LogP contribution in [0.3, 0.4) is 0 Å². The van der Waals surface area contributed by atoms with Gasteiger partial charge in [0.05, 0.1) is 19.8 Å². The van der Waals surface area contributed by atoms with Gasteiger partial charge < -0.3 is 25.7 Å². The van der Waals surface area contributed by atoms with Gasteiger partial charge in [-0.2, -0.15) is 0 Å². The van der Waals surface area contributed by atoms with E-state index in [0.29, 0.717) is 32.0 Å². The van der Waals surface area contributed by atoms with Crippen LogP contribution in [0.25, 0.3) is 0 Å². The fraction of sp³-hybridized carbons (Fsp3) is 0.667. The number of carbonyl (C=O) groups is 4. The van der Waals surface area contributed by atoms with E-state index in [-0.39, 0.29) is 11.4 Å². The standard InChI is InChI=1S/C18H28O3.2C3H7NO2/c1-5-17(20)21-11-9-7-6-8-10-15-14(2)12-18(3,4)13-16(15)19;2*1-2-6-3(4)5/h5H,1,6-13H2,2-4H3;2*2H2,1H3,(H2,4,5). The molecule has 0 radical (unpaired) electrons. The van der Waals surface area contributed by atoms with E-state index in [1.54, 1.807) is 13.8 Å². The van der Waals surface area contributed by atoms with E-state index in [0.717, 1.165) is 44.1 Å². The summed E-state index contributed by atoms with van der Waals surface area (Å²) in [4.78, 5) is 42.2. The van der Waals surface area contributed by atoms with E-state index in [9.17, 15) is 19.2 Å². The highest BCUT2D eigenvalue weighted by molar-refractivity contribution is 5.97. The molecule has 0 aliphatic heterocycles. The van der Waals surface area contributed by atoms with Crippen LogP contribution in [0, 0.1) is 5.41 Å². The number of allylic oxidation sites excluding steroid dienone is 2. The van der Waals surface area contributed by atoms with Crippen molar-refractivity contribution < 1.29 is 33.4 Å². The zero-order chi connectivity index (χ0) is 25.9. The van der Waals surface area contributed by atoms with Crippen LogP contribution in [-0.4, -0.2) is 43.8 Å². The lowest BCUT2D eigenvalue weighted by molar-refractivity contribution is -0.137. The summed E-state index contributed by atoms with van der Waals surface area (Å²) in [5, 5.41) is 0. The van der Waals surface area contributed by atoms with Crippen molar-refractivity contribution in [3.8, 4) is 0 Å². The molecule has 9 heteroatoms. The van der Waals surface area contributed by atoms with Gasteiger partial charge >= 0.3 is 18.2 Å². The number of hydrogen-bond acceptors (Lipinski definition) is 7. The lowest BCUT2D eigenvalue weighted by Crippen LogP contribution is -2.25. The van der Waals surface area contributed by atoms with Gasteiger partial charge in [0.1, 0.15) is 0 Å². The summed E-state index contributed by atoms with van der Waals surface area (Å²) in [7, 11) is 0. The van der Waals surface area contributed by atoms with Gasteiger partial charge in [-0.25, -0.2) is 14.4 Å². The zero-order valence-electron chi connectivity index (χ0n) is 20.9. The molecule has 0 spiro atoms. The molecule has 0 unspecified atom stereocenters. The Kier molecular flexibility index (Phi) is 18.3. The van der Waals surface area contributed by atoms with Crippen LogP contribution in [0.2, 0.25) is 0 Å². The molecule has 0 saturated heterocycles. The predicted molar refractivity (Wildman–Crippen MR) is 127 cm³/mol. The summed E-state index contributed by atoms with van der Waals surface area (Å²) in [5.74, 6) is -0.0186. The molecular weight excluding hydrogens is 428 g/mol. The summed E-state index contributed by atoms with van der Waals surface area (Å²) in [5.41, 5.74) is 11.5. The number of hydrogen-bond donors (Lipinski definition) is 2. The molecule has 0 bridgehead atoms. The second-order valence-corrected chi connectivity index (χ2v) is 8.24. The Bertz CT molecular complexity index is 654. The van der Waals surface area contributed by atoms with E-state index in [1.165, 1.54) is 11.6 Å². The highest BCUT2D eigenvalue weighted by Crippen LogP contribution is 2.37. The zero-order valence-corrected chi connectivity index (χ0v) is 20.9.